The van der Waals surface area contributed by atoms with Crippen molar-refractivity contribution in [2.45, 2.75) is 206 Å². The van der Waals surface area contributed by atoms with Crippen LogP contribution in [0.4, 0.5) is 0 Å². The van der Waals surface area contributed by atoms with Crippen LogP contribution in [0.2, 0.25) is 0 Å². The van der Waals surface area contributed by atoms with E-state index in [0.717, 1.165) is 38.5 Å². The van der Waals surface area contributed by atoms with Gasteiger partial charge in [-0.05, 0) is 19.8 Å². The maximum atomic E-state index is 12.9. The van der Waals surface area contributed by atoms with Gasteiger partial charge in [0.15, 0.2) is 16.7 Å². The van der Waals surface area contributed by atoms with E-state index >= 15 is 0 Å². The van der Waals surface area contributed by atoms with Crippen molar-refractivity contribution in [1.82, 2.24) is 0 Å². The molecule has 0 unspecified atom stereocenters. The molecule has 0 amide bonds. The first kappa shape index (κ1) is 39.5. The van der Waals surface area contributed by atoms with Crippen LogP contribution >= 0.6 is 7.60 Å². The van der Waals surface area contributed by atoms with Gasteiger partial charge in [0.1, 0.15) is 0 Å². The lowest BCUT2D eigenvalue weighted by molar-refractivity contribution is -0.131. The van der Waals surface area contributed by atoms with Crippen LogP contribution in [0.25, 0.3) is 0 Å². The SMILES string of the molecule is CCCCCCCCCCCCCCCC(=O)C(C)(C(=O)CCCCCCCCCCCCCCC)P(=O)(O)O. The zero-order chi connectivity index (χ0) is 30.0. The lowest BCUT2D eigenvalue weighted by Gasteiger charge is -2.27. The van der Waals surface area contributed by atoms with Crippen LogP contribution in [0.1, 0.15) is 201 Å². The summed E-state index contributed by atoms with van der Waals surface area (Å²) in [7, 11) is -4.87. The third-order valence-corrected chi connectivity index (χ3v) is 10.3. The molecule has 0 aromatic carbocycles. The van der Waals surface area contributed by atoms with Gasteiger partial charge in [-0.2, -0.15) is 0 Å². The van der Waals surface area contributed by atoms with Gasteiger partial charge in [-0.3, -0.25) is 14.2 Å². The van der Waals surface area contributed by atoms with Crippen LogP contribution in [0.3, 0.4) is 0 Å². The van der Waals surface area contributed by atoms with Crippen LogP contribution in [-0.4, -0.2) is 26.5 Å². The largest absolute Gasteiger partial charge is 0.346 e. The van der Waals surface area contributed by atoms with E-state index in [1.54, 1.807) is 0 Å². The Labute approximate surface area is 248 Å². The van der Waals surface area contributed by atoms with Gasteiger partial charge in [-0.1, -0.05) is 168 Å². The quantitative estimate of drug-likeness (QED) is 0.0479. The number of carbonyl (C=O) groups excluding carboxylic acids is 2. The van der Waals surface area contributed by atoms with E-state index in [9.17, 15) is 23.9 Å². The summed E-state index contributed by atoms with van der Waals surface area (Å²) >= 11 is 0. The van der Waals surface area contributed by atoms with Crippen molar-refractivity contribution in [3.8, 4) is 0 Å². The Kier molecular flexibility index (Phi) is 25.8. The second kappa shape index (κ2) is 26.1. The Morgan fingerprint density at radius 1 is 0.450 bits per heavy atom. The van der Waals surface area contributed by atoms with Crippen LogP contribution in [0, 0.1) is 0 Å². The van der Waals surface area contributed by atoms with E-state index in [1.165, 1.54) is 122 Å². The molecule has 0 fully saturated rings. The zero-order valence-electron chi connectivity index (χ0n) is 26.9. The smallest absolute Gasteiger partial charge is 0.323 e. The first-order valence-electron chi connectivity index (χ1n) is 17.3. The molecule has 0 saturated heterocycles. The maximum absolute atomic E-state index is 12.9. The molecule has 0 aliphatic rings. The highest BCUT2D eigenvalue weighted by Gasteiger charge is 2.53. The Morgan fingerprint density at radius 2 is 0.650 bits per heavy atom. The van der Waals surface area contributed by atoms with Crippen molar-refractivity contribution in [3.63, 3.8) is 0 Å². The minimum atomic E-state index is -4.87. The highest BCUT2D eigenvalue weighted by Crippen LogP contribution is 2.52. The summed E-state index contributed by atoms with van der Waals surface area (Å²) < 4.78 is 12.3. The normalized spacial score (nSPS) is 12.2. The summed E-state index contributed by atoms with van der Waals surface area (Å²) in [5, 5.41) is -2.18. The lowest BCUT2D eigenvalue weighted by atomic mass is 9.92. The molecular weight excluding hydrogens is 519 g/mol. The van der Waals surface area contributed by atoms with E-state index < -0.39 is 24.3 Å². The lowest BCUT2D eigenvalue weighted by Crippen LogP contribution is -2.43. The molecule has 0 aliphatic carbocycles. The van der Waals surface area contributed by atoms with Crippen molar-refractivity contribution >= 4 is 19.2 Å². The number of hydrogen-bond acceptors (Lipinski definition) is 3. The number of unbranched alkanes of at least 4 members (excludes halogenated alkanes) is 24. The Morgan fingerprint density at radius 3 is 0.850 bits per heavy atom. The number of Topliss-reactive ketones (excluding diaryl/α,β-unsaturated/α-hetero) is 2. The Balaban J connectivity index is 4.03. The average molecular weight is 587 g/mol. The molecule has 0 radical (unpaired) electrons. The van der Waals surface area contributed by atoms with Crippen molar-refractivity contribution in [2.24, 2.45) is 0 Å². The third kappa shape index (κ3) is 19.6. The van der Waals surface area contributed by atoms with E-state index in [0.29, 0.717) is 12.8 Å². The second-order valence-electron chi connectivity index (χ2n) is 12.4. The van der Waals surface area contributed by atoms with Gasteiger partial charge in [-0.15, -0.1) is 0 Å². The summed E-state index contributed by atoms with van der Waals surface area (Å²) in [4.78, 5) is 45.7. The molecule has 2 N–H and O–H groups in total. The van der Waals surface area contributed by atoms with E-state index in [2.05, 4.69) is 13.8 Å². The number of ketones is 2. The molecule has 0 saturated carbocycles. The number of hydrogen-bond donors (Lipinski definition) is 2. The van der Waals surface area contributed by atoms with E-state index in [4.69, 9.17) is 0 Å². The third-order valence-electron chi connectivity index (χ3n) is 8.68. The predicted molar refractivity (Wildman–Crippen MR) is 171 cm³/mol. The maximum Gasteiger partial charge on any atom is 0.346 e. The monoisotopic (exact) mass is 586 g/mol. The molecule has 5 nitrogen and oxygen atoms in total. The highest BCUT2D eigenvalue weighted by molar-refractivity contribution is 7.56. The second-order valence-corrected chi connectivity index (χ2v) is 14.4. The average Bonchev–Trinajstić information content (AvgIpc) is 2.92. The molecule has 40 heavy (non-hydrogen) atoms. The molecule has 0 bridgehead atoms. The van der Waals surface area contributed by atoms with Crippen molar-refractivity contribution in [2.75, 3.05) is 0 Å². The molecule has 0 heterocycles. The van der Waals surface area contributed by atoms with E-state index in [1.807, 2.05) is 0 Å². The molecule has 0 atom stereocenters. The molecular formula is C34H67O5P. The molecule has 0 spiro atoms. The number of carbonyl (C=O) groups is 2. The Bertz CT molecular complexity index is 615. The minimum absolute atomic E-state index is 0.0731. The van der Waals surface area contributed by atoms with Crippen molar-refractivity contribution in [1.29, 1.82) is 0 Å². The van der Waals surface area contributed by atoms with Gasteiger partial charge in [-0.25, -0.2) is 0 Å². The van der Waals surface area contributed by atoms with Gasteiger partial charge in [0.05, 0.1) is 0 Å². The summed E-state index contributed by atoms with van der Waals surface area (Å²) in [6.07, 6.45) is 31.0. The Hall–Kier alpha value is -0.510. The van der Waals surface area contributed by atoms with Gasteiger partial charge in [0, 0.05) is 12.8 Å². The fraction of sp³-hybridized carbons (Fsp3) is 0.941. The first-order valence-corrected chi connectivity index (χ1v) is 18.9. The van der Waals surface area contributed by atoms with Crippen LogP contribution < -0.4 is 0 Å². The summed E-state index contributed by atoms with van der Waals surface area (Å²) in [5.74, 6) is -1.16. The fourth-order valence-corrected chi connectivity index (χ4v) is 6.45. The highest BCUT2D eigenvalue weighted by atomic mass is 31.2. The van der Waals surface area contributed by atoms with Crippen LogP contribution in [0.5, 0.6) is 0 Å². The summed E-state index contributed by atoms with van der Waals surface area (Å²) in [5.41, 5.74) is 0. The van der Waals surface area contributed by atoms with Gasteiger partial charge < -0.3 is 9.79 Å². The van der Waals surface area contributed by atoms with Crippen LogP contribution in [-0.2, 0) is 14.2 Å². The molecule has 0 aromatic heterocycles. The number of rotatable bonds is 31. The van der Waals surface area contributed by atoms with Gasteiger partial charge in [0.25, 0.3) is 0 Å². The predicted octanol–water partition coefficient (Wildman–Crippen LogP) is 11.0. The summed E-state index contributed by atoms with van der Waals surface area (Å²) in [6.45, 7) is 5.67. The van der Waals surface area contributed by atoms with Gasteiger partial charge in [0.2, 0.25) is 0 Å². The van der Waals surface area contributed by atoms with Crippen molar-refractivity contribution < 1.29 is 23.9 Å². The topological polar surface area (TPSA) is 91.7 Å². The van der Waals surface area contributed by atoms with Gasteiger partial charge >= 0.3 is 7.60 Å². The van der Waals surface area contributed by atoms with E-state index in [-0.39, 0.29) is 12.8 Å². The minimum Gasteiger partial charge on any atom is -0.323 e. The standard InChI is InChI=1S/C34H67O5P/c1-4-6-8-10-12-14-16-18-20-22-24-26-28-30-32(35)34(3,40(37,38)39)33(36)31-29-27-25-23-21-19-17-15-13-11-9-7-5-2/h4-31H2,1-3H3,(H2,37,38,39). The zero-order valence-corrected chi connectivity index (χ0v) is 27.8. The summed E-state index contributed by atoms with van der Waals surface area (Å²) in [6, 6.07) is 0. The fourth-order valence-electron chi connectivity index (χ4n) is 5.57. The molecule has 0 rings (SSSR count). The van der Waals surface area contributed by atoms with Crippen LogP contribution in [0.15, 0.2) is 0 Å². The van der Waals surface area contributed by atoms with Crippen molar-refractivity contribution in [3.05, 3.63) is 0 Å². The molecule has 0 aliphatic heterocycles. The molecule has 0 aromatic rings. The first-order chi connectivity index (χ1) is 19.2. The molecule has 6 heteroatoms. The molecule has 238 valence electrons.